The summed E-state index contributed by atoms with van der Waals surface area (Å²) >= 11 is 1.52. The lowest BCUT2D eigenvalue weighted by Crippen LogP contribution is -2.35. The van der Waals surface area contributed by atoms with Crippen molar-refractivity contribution < 1.29 is 23.1 Å². The van der Waals surface area contributed by atoms with Crippen LogP contribution in [0.3, 0.4) is 0 Å². The largest absolute Gasteiger partial charge is 0.472 e. The predicted octanol–water partition coefficient (Wildman–Crippen LogP) is 1.63. The van der Waals surface area contributed by atoms with Gasteiger partial charge < -0.3 is 16.4 Å². The average molecular weight is 466 g/mol. The lowest BCUT2D eigenvalue weighted by atomic mass is 10.2. The van der Waals surface area contributed by atoms with Crippen LogP contribution in [0.5, 0.6) is 0 Å². The summed E-state index contributed by atoms with van der Waals surface area (Å²) in [6.45, 7) is 5.78. The van der Waals surface area contributed by atoms with Gasteiger partial charge in [0.2, 0.25) is 5.51 Å². The first-order chi connectivity index (χ1) is 14.6. The molecule has 0 amide bonds. The number of aryl methyl sites for hydroxylation is 2. The first-order valence-corrected chi connectivity index (χ1v) is 11.8. The second-order valence-electron chi connectivity index (χ2n) is 6.84. The van der Waals surface area contributed by atoms with E-state index in [1.165, 1.54) is 17.5 Å². The Bertz CT molecular complexity index is 1120. The van der Waals surface area contributed by atoms with Crippen molar-refractivity contribution in [3.63, 3.8) is 0 Å². The Kier molecular flexibility index (Phi) is 7.29. The third-order valence-electron chi connectivity index (χ3n) is 4.50. The molecule has 0 radical (unpaired) electrons. The molecule has 11 nitrogen and oxygen atoms in total. The van der Waals surface area contributed by atoms with Crippen LogP contribution in [-0.2, 0) is 33.2 Å². The smallest absolute Gasteiger partial charge is 0.383 e. The molecular weight excluding hydrogens is 441 g/mol. The Labute approximate surface area is 183 Å². The molecule has 0 aliphatic rings. The van der Waals surface area contributed by atoms with Crippen LogP contribution in [0.1, 0.15) is 33.3 Å². The maximum atomic E-state index is 12.2. The molecule has 1 atom stereocenters. The minimum absolute atomic E-state index is 0.0186. The van der Waals surface area contributed by atoms with Crippen LogP contribution in [0.15, 0.2) is 17.9 Å². The van der Waals surface area contributed by atoms with Crippen LogP contribution < -0.4 is 16.0 Å². The van der Waals surface area contributed by atoms with Gasteiger partial charge in [-0.05, 0) is 13.8 Å². The fourth-order valence-corrected chi connectivity index (χ4v) is 4.41. The van der Waals surface area contributed by atoms with Gasteiger partial charge in [0.1, 0.15) is 23.3 Å². The first-order valence-electron chi connectivity index (χ1n) is 9.39. The normalized spacial score (nSPS) is 13.3. The zero-order valence-corrected chi connectivity index (χ0v) is 19.2. The van der Waals surface area contributed by atoms with Gasteiger partial charge in [-0.25, -0.2) is 24.5 Å². The standard InChI is InChI=1S/C18H24N7O4PS/c1-11-16(31-10-25(11)8-14-6-21-12(2)23-17(14)19)4-5-28-30(26,27)29-9-15-7-22-13(3)24-18(15)20/h6-7,10H,4-5,8-9H2,1-3H3,(H4-,19,20,21,22,23,24,26,27)/p+1. The molecule has 0 aliphatic heterocycles. The van der Waals surface area contributed by atoms with Crippen molar-refractivity contribution in [3.8, 4) is 0 Å². The van der Waals surface area contributed by atoms with Crippen molar-refractivity contribution in [2.75, 3.05) is 18.1 Å². The van der Waals surface area contributed by atoms with Gasteiger partial charge >= 0.3 is 7.82 Å². The second kappa shape index (κ2) is 9.75. The number of hydrogen-bond donors (Lipinski definition) is 3. The van der Waals surface area contributed by atoms with Gasteiger partial charge in [0.25, 0.3) is 0 Å². The minimum atomic E-state index is -4.25. The topological polar surface area (TPSA) is 163 Å². The molecule has 0 aliphatic carbocycles. The lowest BCUT2D eigenvalue weighted by Gasteiger charge is -2.12. The Balaban J connectivity index is 1.53. The molecule has 0 saturated carbocycles. The number of nitrogen functional groups attached to an aromatic ring is 2. The van der Waals surface area contributed by atoms with Crippen molar-refractivity contribution in [1.29, 1.82) is 0 Å². The second-order valence-corrected chi connectivity index (χ2v) is 9.23. The zero-order valence-electron chi connectivity index (χ0n) is 17.5. The summed E-state index contributed by atoms with van der Waals surface area (Å²) in [5.41, 5.74) is 15.9. The molecule has 3 aromatic rings. The Hall–Kier alpha value is -2.50. The SMILES string of the molecule is Cc1ncc(COP(=O)(O)OCCc2sc[n+](Cc3cnc(C)nc3N)c2C)c(N)n1. The summed E-state index contributed by atoms with van der Waals surface area (Å²) in [5, 5.41) is 0. The summed E-state index contributed by atoms with van der Waals surface area (Å²) in [4.78, 5) is 27.3. The number of anilines is 2. The van der Waals surface area contributed by atoms with Crippen molar-refractivity contribution >= 4 is 30.8 Å². The number of phosphoric ester groups is 1. The van der Waals surface area contributed by atoms with Gasteiger partial charge in [-0.1, -0.05) is 11.3 Å². The molecule has 3 heterocycles. The monoisotopic (exact) mass is 466 g/mol. The maximum absolute atomic E-state index is 12.2. The molecule has 3 rings (SSSR count). The number of aromatic nitrogens is 5. The molecule has 0 fully saturated rings. The van der Waals surface area contributed by atoms with E-state index in [-0.39, 0.29) is 19.0 Å². The summed E-state index contributed by atoms with van der Waals surface area (Å²) in [5.74, 6) is 1.78. The highest BCUT2D eigenvalue weighted by Gasteiger charge is 2.23. The van der Waals surface area contributed by atoms with Crippen molar-refractivity contribution in [3.05, 3.63) is 51.3 Å². The van der Waals surface area contributed by atoms with Crippen LogP contribution in [0.25, 0.3) is 0 Å². The number of nitrogens with two attached hydrogens (primary N) is 2. The van der Waals surface area contributed by atoms with Crippen molar-refractivity contribution in [2.45, 2.75) is 40.3 Å². The van der Waals surface area contributed by atoms with Gasteiger partial charge in [-0.15, -0.1) is 0 Å². The molecule has 5 N–H and O–H groups in total. The zero-order chi connectivity index (χ0) is 22.6. The summed E-state index contributed by atoms with van der Waals surface area (Å²) < 4.78 is 24.3. The fourth-order valence-electron chi connectivity index (χ4n) is 2.73. The molecule has 0 bridgehead atoms. The molecule has 3 aromatic heterocycles. The molecule has 0 aromatic carbocycles. The van der Waals surface area contributed by atoms with E-state index < -0.39 is 7.82 Å². The predicted molar refractivity (Wildman–Crippen MR) is 115 cm³/mol. The summed E-state index contributed by atoms with van der Waals surface area (Å²) in [7, 11) is -4.25. The minimum Gasteiger partial charge on any atom is -0.383 e. The van der Waals surface area contributed by atoms with E-state index >= 15 is 0 Å². The number of hydrogen-bond acceptors (Lipinski definition) is 10. The van der Waals surface area contributed by atoms with Crippen LogP contribution in [0.2, 0.25) is 0 Å². The quantitative estimate of drug-likeness (QED) is 0.312. The Morgan fingerprint density at radius 1 is 1.06 bits per heavy atom. The van der Waals surface area contributed by atoms with Crippen LogP contribution in [0, 0.1) is 20.8 Å². The molecule has 0 spiro atoms. The van der Waals surface area contributed by atoms with Crippen LogP contribution >= 0.6 is 19.2 Å². The highest BCUT2D eigenvalue weighted by molar-refractivity contribution is 7.47. The van der Waals surface area contributed by atoms with Crippen molar-refractivity contribution in [2.24, 2.45) is 0 Å². The van der Waals surface area contributed by atoms with E-state index in [0.717, 1.165) is 16.1 Å². The van der Waals surface area contributed by atoms with E-state index in [9.17, 15) is 9.46 Å². The number of rotatable bonds is 9. The highest BCUT2D eigenvalue weighted by Crippen LogP contribution is 2.44. The molecular formula is C18H25N7O4PS+. The van der Waals surface area contributed by atoms with E-state index in [1.807, 2.05) is 17.0 Å². The molecule has 31 heavy (non-hydrogen) atoms. The number of phosphoric acid groups is 1. The average Bonchev–Trinajstić information content (AvgIpc) is 3.03. The number of nitrogens with zero attached hydrogens (tertiary/aromatic N) is 5. The van der Waals surface area contributed by atoms with Crippen molar-refractivity contribution in [1.82, 2.24) is 19.9 Å². The van der Waals surface area contributed by atoms with Gasteiger partial charge in [-0.2, -0.15) is 4.57 Å². The van der Waals surface area contributed by atoms with E-state index in [1.54, 1.807) is 20.0 Å². The maximum Gasteiger partial charge on any atom is 0.472 e. The Morgan fingerprint density at radius 2 is 1.68 bits per heavy atom. The first kappa shape index (κ1) is 23.2. The lowest BCUT2D eigenvalue weighted by molar-refractivity contribution is -0.689. The molecule has 0 saturated heterocycles. The Morgan fingerprint density at radius 3 is 2.29 bits per heavy atom. The summed E-state index contributed by atoms with van der Waals surface area (Å²) in [6.07, 6.45) is 3.63. The van der Waals surface area contributed by atoms with E-state index in [0.29, 0.717) is 36.0 Å². The third-order valence-corrected chi connectivity index (χ3v) is 6.61. The van der Waals surface area contributed by atoms with Gasteiger partial charge in [-0.3, -0.25) is 9.05 Å². The molecule has 1 unspecified atom stereocenters. The van der Waals surface area contributed by atoms with Gasteiger partial charge in [0.15, 0.2) is 12.2 Å². The van der Waals surface area contributed by atoms with E-state index in [4.69, 9.17) is 20.5 Å². The highest BCUT2D eigenvalue weighted by atomic mass is 32.1. The van der Waals surface area contributed by atoms with Crippen LogP contribution in [-0.4, -0.2) is 31.4 Å². The molecule has 166 valence electrons. The van der Waals surface area contributed by atoms with Crippen LogP contribution in [0.4, 0.5) is 11.6 Å². The summed E-state index contributed by atoms with van der Waals surface area (Å²) in [6, 6.07) is 0. The van der Waals surface area contributed by atoms with E-state index in [2.05, 4.69) is 19.9 Å². The van der Waals surface area contributed by atoms with Gasteiger partial charge in [0.05, 0.1) is 23.7 Å². The molecule has 13 heteroatoms. The fraction of sp³-hybridized carbons (Fsp3) is 0.389. The van der Waals surface area contributed by atoms with Gasteiger partial charge in [0, 0.05) is 31.3 Å². The number of thiazole rings is 1. The third kappa shape index (κ3) is 6.25.